The molecule has 1 aromatic rings. The van der Waals surface area contributed by atoms with Gasteiger partial charge in [-0.2, -0.15) is 4.98 Å². The lowest BCUT2D eigenvalue weighted by atomic mass is 9.80. The maximum Gasteiger partial charge on any atom is 0.226 e. The molecule has 0 aliphatic carbocycles. The van der Waals surface area contributed by atoms with Gasteiger partial charge >= 0.3 is 0 Å². The summed E-state index contributed by atoms with van der Waals surface area (Å²) in [4.78, 5) is 21.0. The number of rotatable bonds is 5. The summed E-state index contributed by atoms with van der Waals surface area (Å²) in [7, 11) is 0. The summed E-state index contributed by atoms with van der Waals surface area (Å²) in [6, 6.07) is 0. The first-order valence-electron chi connectivity index (χ1n) is 8.61. The van der Waals surface area contributed by atoms with Gasteiger partial charge in [0.25, 0.3) is 0 Å². The summed E-state index contributed by atoms with van der Waals surface area (Å²) in [6.07, 6.45) is 1.40. The topological polar surface area (TPSA) is 62.5 Å². The molecule has 0 spiro atoms. The average molecular weight is 322 g/mol. The molecule has 23 heavy (non-hydrogen) atoms. The molecule has 1 unspecified atom stereocenters. The van der Waals surface area contributed by atoms with Gasteiger partial charge in [0, 0.05) is 39.0 Å². The Morgan fingerprint density at radius 2 is 1.91 bits per heavy atom. The van der Waals surface area contributed by atoms with Crippen molar-refractivity contribution >= 4 is 5.91 Å². The Morgan fingerprint density at radius 1 is 1.26 bits per heavy atom. The van der Waals surface area contributed by atoms with Crippen LogP contribution in [0.3, 0.4) is 0 Å². The highest BCUT2D eigenvalue weighted by atomic mass is 16.5. The van der Waals surface area contributed by atoms with E-state index in [1.165, 1.54) is 0 Å². The lowest BCUT2D eigenvalue weighted by Gasteiger charge is -2.36. The van der Waals surface area contributed by atoms with Gasteiger partial charge in [0.05, 0.1) is 6.54 Å². The number of carbonyl (C=O) groups is 1. The average Bonchev–Trinajstić information content (AvgIpc) is 2.94. The smallest absolute Gasteiger partial charge is 0.226 e. The van der Waals surface area contributed by atoms with Crippen LogP contribution in [0.25, 0.3) is 0 Å². The maximum atomic E-state index is 12.4. The van der Waals surface area contributed by atoms with Gasteiger partial charge in [0.2, 0.25) is 11.8 Å². The molecule has 1 saturated heterocycles. The number of piperazine rings is 1. The summed E-state index contributed by atoms with van der Waals surface area (Å²) < 4.78 is 5.14. The zero-order chi connectivity index (χ0) is 17.0. The van der Waals surface area contributed by atoms with Crippen LogP contribution in [0, 0.1) is 11.3 Å². The van der Waals surface area contributed by atoms with Crippen LogP contribution >= 0.6 is 0 Å². The van der Waals surface area contributed by atoms with Gasteiger partial charge in [-0.25, -0.2) is 0 Å². The summed E-state index contributed by atoms with van der Waals surface area (Å²) in [6.45, 7) is 14.7. The van der Waals surface area contributed by atoms with Crippen LogP contribution in [-0.4, -0.2) is 52.0 Å². The molecular weight excluding hydrogens is 292 g/mol. The zero-order valence-electron chi connectivity index (χ0n) is 15.1. The van der Waals surface area contributed by atoms with E-state index in [1.54, 1.807) is 0 Å². The Balaban J connectivity index is 1.78. The third-order valence-electron chi connectivity index (χ3n) is 4.86. The number of nitrogens with zero attached hydrogens (tertiary/aromatic N) is 4. The molecule has 1 aliphatic heterocycles. The Labute approximate surface area is 139 Å². The lowest BCUT2D eigenvalue weighted by Crippen LogP contribution is -2.48. The van der Waals surface area contributed by atoms with E-state index in [0.717, 1.165) is 38.4 Å². The van der Waals surface area contributed by atoms with Crippen molar-refractivity contribution in [3.63, 3.8) is 0 Å². The van der Waals surface area contributed by atoms with Crippen molar-refractivity contribution in [2.24, 2.45) is 11.3 Å². The van der Waals surface area contributed by atoms with Gasteiger partial charge in [-0.05, 0) is 11.3 Å². The molecular formula is C17H30N4O2. The lowest BCUT2D eigenvalue weighted by molar-refractivity contribution is -0.134. The Hall–Kier alpha value is -1.43. The Bertz CT molecular complexity index is 513. The minimum absolute atomic E-state index is 0.174. The van der Waals surface area contributed by atoms with Crippen LogP contribution in [0.15, 0.2) is 4.52 Å². The molecule has 6 heteroatoms. The highest BCUT2D eigenvalue weighted by Crippen LogP contribution is 2.28. The van der Waals surface area contributed by atoms with Crippen LogP contribution in [0.5, 0.6) is 0 Å². The van der Waals surface area contributed by atoms with Gasteiger partial charge in [0.15, 0.2) is 5.82 Å². The fourth-order valence-electron chi connectivity index (χ4n) is 2.55. The summed E-state index contributed by atoms with van der Waals surface area (Å²) >= 11 is 0. The highest BCUT2D eigenvalue weighted by molar-refractivity contribution is 5.76. The van der Waals surface area contributed by atoms with Crippen LogP contribution < -0.4 is 0 Å². The zero-order valence-corrected chi connectivity index (χ0v) is 15.1. The summed E-state index contributed by atoms with van der Waals surface area (Å²) in [5.41, 5.74) is 0.174. The standard InChI is InChI=1S/C17H30N4O2/c1-6-15-18-14(19-23-15)12-20-7-9-21(10-8-20)16(22)11-13(2)17(3,4)5/h13H,6-12H2,1-5H3. The molecule has 0 radical (unpaired) electrons. The molecule has 6 nitrogen and oxygen atoms in total. The molecule has 0 bridgehead atoms. The van der Waals surface area contributed by atoms with Crippen molar-refractivity contribution in [1.29, 1.82) is 0 Å². The van der Waals surface area contributed by atoms with Gasteiger partial charge in [-0.1, -0.05) is 39.8 Å². The van der Waals surface area contributed by atoms with Crippen LogP contribution in [0.2, 0.25) is 0 Å². The number of aryl methyl sites for hydroxylation is 1. The molecule has 2 heterocycles. The van der Waals surface area contributed by atoms with Crippen LogP contribution in [0.1, 0.15) is 52.8 Å². The van der Waals surface area contributed by atoms with Gasteiger partial charge in [-0.15, -0.1) is 0 Å². The second-order valence-electron chi connectivity index (χ2n) is 7.59. The van der Waals surface area contributed by atoms with Gasteiger partial charge < -0.3 is 9.42 Å². The van der Waals surface area contributed by atoms with E-state index < -0.39 is 0 Å². The Kier molecular flexibility index (Phi) is 5.79. The molecule has 0 N–H and O–H groups in total. The molecule has 2 rings (SSSR count). The van der Waals surface area contributed by atoms with E-state index in [-0.39, 0.29) is 11.3 Å². The van der Waals surface area contributed by atoms with E-state index in [9.17, 15) is 4.79 Å². The van der Waals surface area contributed by atoms with Gasteiger partial charge in [-0.3, -0.25) is 9.69 Å². The van der Waals surface area contributed by atoms with Crippen LogP contribution in [0.4, 0.5) is 0 Å². The normalized spacial score (nSPS) is 18.2. The Morgan fingerprint density at radius 3 is 2.43 bits per heavy atom. The number of aromatic nitrogens is 2. The first-order chi connectivity index (χ1) is 10.8. The minimum atomic E-state index is 0.174. The van der Waals surface area contributed by atoms with Crippen molar-refractivity contribution in [2.75, 3.05) is 26.2 Å². The second-order valence-corrected chi connectivity index (χ2v) is 7.59. The van der Waals surface area contributed by atoms with Crippen molar-refractivity contribution in [1.82, 2.24) is 19.9 Å². The first kappa shape index (κ1) is 17.9. The first-order valence-corrected chi connectivity index (χ1v) is 8.61. The third kappa shape index (κ3) is 5.03. The summed E-state index contributed by atoms with van der Waals surface area (Å²) in [5.74, 6) is 2.09. The minimum Gasteiger partial charge on any atom is -0.340 e. The van der Waals surface area contributed by atoms with Crippen molar-refractivity contribution in [2.45, 2.75) is 54.0 Å². The van der Waals surface area contributed by atoms with Crippen molar-refractivity contribution in [3.05, 3.63) is 11.7 Å². The van der Waals surface area contributed by atoms with E-state index in [1.807, 2.05) is 11.8 Å². The quantitative estimate of drug-likeness (QED) is 0.832. The number of amides is 1. The fourth-order valence-corrected chi connectivity index (χ4v) is 2.55. The summed E-state index contributed by atoms with van der Waals surface area (Å²) in [5, 5.41) is 3.99. The number of hydrogen-bond acceptors (Lipinski definition) is 5. The molecule has 0 saturated carbocycles. The molecule has 0 aromatic carbocycles. The molecule has 1 amide bonds. The third-order valence-corrected chi connectivity index (χ3v) is 4.86. The fraction of sp³-hybridized carbons (Fsp3) is 0.824. The molecule has 1 atom stereocenters. The van der Waals surface area contributed by atoms with Gasteiger partial charge in [0.1, 0.15) is 0 Å². The van der Waals surface area contributed by atoms with Crippen molar-refractivity contribution in [3.8, 4) is 0 Å². The van der Waals surface area contributed by atoms with E-state index in [2.05, 4.69) is 42.7 Å². The molecule has 1 fully saturated rings. The molecule has 1 aromatic heterocycles. The van der Waals surface area contributed by atoms with Crippen LogP contribution in [-0.2, 0) is 17.8 Å². The van der Waals surface area contributed by atoms with Crippen molar-refractivity contribution < 1.29 is 9.32 Å². The number of carbonyl (C=O) groups excluding carboxylic acids is 1. The predicted molar refractivity (Wildman–Crippen MR) is 88.8 cm³/mol. The SMILES string of the molecule is CCc1nc(CN2CCN(C(=O)CC(C)C(C)(C)C)CC2)no1. The molecule has 130 valence electrons. The second kappa shape index (κ2) is 7.43. The number of hydrogen-bond donors (Lipinski definition) is 0. The van der Waals surface area contributed by atoms with E-state index in [0.29, 0.717) is 24.8 Å². The predicted octanol–water partition coefficient (Wildman–Crippen LogP) is 2.35. The van der Waals surface area contributed by atoms with E-state index in [4.69, 9.17) is 4.52 Å². The van der Waals surface area contributed by atoms with E-state index >= 15 is 0 Å². The largest absolute Gasteiger partial charge is 0.340 e. The highest BCUT2D eigenvalue weighted by Gasteiger charge is 2.27. The monoisotopic (exact) mass is 322 g/mol. The molecule has 1 aliphatic rings. The maximum absolute atomic E-state index is 12.4.